The molecule has 150 valence electrons. The van der Waals surface area contributed by atoms with Gasteiger partial charge in [-0.15, -0.1) is 0 Å². The Labute approximate surface area is 182 Å². The van der Waals surface area contributed by atoms with Crippen LogP contribution in [0.25, 0.3) is 22.4 Å². The summed E-state index contributed by atoms with van der Waals surface area (Å²) in [4.78, 5) is 10.7. The van der Waals surface area contributed by atoms with Crippen molar-refractivity contribution < 1.29 is 0 Å². The zero-order chi connectivity index (χ0) is 21.0. The second-order valence-electron chi connectivity index (χ2n) is 8.65. The Kier molecular flexibility index (Phi) is 3.81. The molecule has 4 aromatic carbocycles. The number of hydrogen-bond acceptors (Lipinski definition) is 2. The number of aromatic amines is 1. The van der Waals surface area contributed by atoms with Crippen molar-refractivity contribution in [3.05, 3.63) is 108 Å². The number of nitrogens with zero attached hydrogens (tertiary/aromatic N) is 2. The molecule has 0 radical (unpaired) electrons. The molecule has 0 bridgehead atoms. The number of anilines is 3. The van der Waals surface area contributed by atoms with Crippen molar-refractivity contribution in [2.45, 2.75) is 19.3 Å². The van der Waals surface area contributed by atoms with E-state index >= 15 is 0 Å². The second kappa shape index (κ2) is 6.58. The Morgan fingerprint density at radius 1 is 0.710 bits per heavy atom. The van der Waals surface area contributed by atoms with Gasteiger partial charge in [0.05, 0.1) is 22.4 Å². The van der Waals surface area contributed by atoms with E-state index in [0.29, 0.717) is 0 Å². The van der Waals surface area contributed by atoms with Gasteiger partial charge >= 0.3 is 0 Å². The Morgan fingerprint density at radius 2 is 1.42 bits per heavy atom. The minimum absolute atomic E-state index is 0.0936. The summed E-state index contributed by atoms with van der Waals surface area (Å²) in [6, 6.07) is 34.2. The van der Waals surface area contributed by atoms with Crippen LogP contribution in [0.5, 0.6) is 0 Å². The first kappa shape index (κ1) is 18.0. The van der Waals surface area contributed by atoms with Crippen LogP contribution in [-0.2, 0) is 5.41 Å². The molecule has 0 spiro atoms. The van der Waals surface area contributed by atoms with Gasteiger partial charge in [0.25, 0.3) is 0 Å². The van der Waals surface area contributed by atoms with Crippen LogP contribution in [0.4, 0.5) is 17.1 Å². The third kappa shape index (κ3) is 2.70. The third-order valence-corrected chi connectivity index (χ3v) is 6.41. The average Bonchev–Trinajstić information content (AvgIpc) is 3.24. The monoisotopic (exact) mass is 401 g/mol. The molecule has 1 aliphatic heterocycles. The summed E-state index contributed by atoms with van der Waals surface area (Å²) in [6.45, 7) is 4.63. The number of hydrogen-bond donors (Lipinski definition) is 1. The van der Waals surface area contributed by atoms with Gasteiger partial charge < -0.3 is 9.88 Å². The van der Waals surface area contributed by atoms with Crippen molar-refractivity contribution in [3.8, 4) is 11.4 Å². The number of benzene rings is 4. The van der Waals surface area contributed by atoms with E-state index in [9.17, 15) is 0 Å². The molecule has 2 heterocycles. The fourth-order valence-corrected chi connectivity index (χ4v) is 4.81. The van der Waals surface area contributed by atoms with Crippen LogP contribution < -0.4 is 4.90 Å². The fraction of sp³-hybridized carbons (Fsp3) is 0.107. The van der Waals surface area contributed by atoms with Gasteiger partial charge in [-0.05, 0) is 47.5 Å². The Bertz CT molecular complexity index is 1380. The number of H-pyrrole nitrogens is 1. The minimum atomic E-state index is -0.0936. The zero-order valence-electron chi connectivity index (χ0n) is 17.6. The summed E-state index contributed by atoms with van der Waals surface area (Å²) in [5.41, 5.74) is 9.28. The van der Waals surface area contributed by atoms with Gasteiger partial charge in [-0.2, -0.15) is 0 Å². The van der Waals surface area contributed by atoms with E-state index in [2.05, 4.69) is 103 Å². The molecule has 0 aliphatic carbocycles. The van der Waals surface area contributed by atoms with Crippen molar-refractivity contribution in [1.82, 2.24) is 9.97 Å². The summed E-state index contributed by atoms with van der Waals surface area (Å²) in [5, 5.41) is 0. The molecule has 1 aliphatic rings. The lowest BCUT2D eigenvalue weighted by atomic mass is 9.73. The molecule has 0 amide bonds. The van der Waals surface area contributed by atoms with Gasteiger partial charge in [-0.25, -0.2) is 4.98 Å². The largest absolute Gasteiger partial charge is 0.338 e. The maximum absolute atomic E-state index is 4.84. The minimum Gasteiger partial charge on any atom is -0.338 e. The lowest BCUT2D eigenvalue weighted by Gasteiger charge is -2.42. The normalized spacial score (nSPS) is 14.3. The molecule has 31 heavy (non-hydrogen) atoms. The number of aromatic nitrogens is 2. The maximum Gasteiger partial charge on any atom is 0.138 e. The van der Waals surface area contributed by atoms with Crippen molar-refractivity contribution >= 4 is 28.1 Å². The van der Waals surface area contributed by atoms with Crippen molar-refractivity contribution in [3.63, 3.8) is 0 Å². The predicted molar refractivity (Wildman–Crippen MR) is 128 cm³/mol. The highest BCUT2D eigenvalue weighted by Crippen LogP contribution is 2.52. The number of rotatable bonds is 2. The highest BCUT2D eigenvalue weighted by molar-refractivity contribution is 5.88. The average molecular weight is 402 g/mol. The molecule has 0 unspecified atom stereocenters. The van der Waals surface area contributed by atoms with Gasteiger partial charge in [0, 0.05) is 16.7 Å². The summed E-state index contributed by atoms with van der Waals surface area (Å²) >= 11 is 0. The maximum atomic E-state index is 4.84. The molecule has 0 saturated carbocycles. The first-order chi connectivity index (χ1) is 15.1. The third-order valence-electron chi connectivity index (χ3n) is 6.41. The molecule has 6 rings (SSSR count). The summed E-state index contributed by atoms with van der Waals surface area (Å²) in [7, 11) is 0. The van der Waals surface area contributed by atoms with Crippen LogP contribution >= 0.6 is 0 Å². The lowest BCUT2D eigenvalue weighted by molar-refractivity contribution is 0.632. The second-order valence-corrected chi connectivity index (χ2v) is 8.65. The fourth-order valence-electron chi connectivity index (χ4n) is 4.81. The molecule has 5 aromatic rings. The lowest BCUT2D eigenvalue weighted by Crippen LogP contribution is -2.30. The van der Waals surface area contributed by atoms with Crippen LogP contribution in [0.15, 0.2) is 97.1 Å². The van der Waals surface area contributed by atoms with Crippen molar-refractivity contribution in [2.24, 2.45) is 0 Å². The van der Waals surface area contributed by atoms with Gasteiger partial charge in [0.1, 0.15) is 5.82 Å². The molecule has 3 heteroatoms. The van der Waals surface area contributed by atoms with Gasteiger partial charge in [0.2, 0.25) is 0 Å². The number of imidazole rings is 1. The zero-order valence-corrected chi connectivity index (χ0v) is 17.6. The molecule has 1 aromatic heterocycles. The van der Waals surface area contributed by atoms with Gasteiger partial charge in [0.15, 0.2) is 0 Å². The van der Waals surface area contributed by atoms with Crippen LogP contribution in [0.2, 0.25) is 0 Å². The van der Waals surface area contributed by atoms with E-state index in [1.165, 1.54) is 22.5 Å². The van der Waals surface area contributed by atoms with E-state index in [4.69, 9.17) is 4.98 Å². The first-order valence-corrected chi connectivity index (χ1v) is 10.7. The number of fused-ring (bicyclic) bond motifs is 3. The predicted octanol–water partition coefficient (Wildman–Crippen LogP) is 7.34. The number of para-hydroxylation sites is 4. The Morgan fingerprint density at radius 3 is 2.26 bits per heavy atom. The molecule has 0 fully saturated rings. The van der Waals surface area contributed by atoms with Crippen LogP contribution in [-0.4, -0.2) is 9.97 Å². The smallest absolute Gasteiger partial charge is 0.138 e. The standard InChI is InChI=1S/C28H23N3/c1-28(2)21-12-6-9-15-25(21)31(20-10-4-3-5-11-20)26-18-19(16-17-22(26)28)27-29-23-13-7-8-14-24(23)30-27/h3-18H,1-2H3,(H,29,30). The highest BCUT2D eigenvalue weighted by atomic mass is 15.2. The summed E-state index contributed by atoms with van der Waals surface area (Å²) in [6.07, 6.45) is 0. The van der Waals surface area contributed by atoms with E-state index in [1.807, 2.05) is 18.2 Å². The summed E-state index contributed by atoms with van der Waals surface area (Å²) < 4.78 is 0. The van der Waals surface area contributed by atoms with Crippen molar-refractivity contribution in [2.75, 3.05) is 4.90 Å². The highest BCUT2D eigenvalue weighted by Gasteiger charge is 2.36. The molecule has 1 N–H and O–H groups in total. The van der Waals surface area contributed by atoms with E-state index < -0.39 is 0 Å². The van der Waals surface area contributed by atoms with Crippen LogP contribution in [0.3, 0.4) is 0 Å². The SMILES string of the molecule is CC1(C)c2ccccc2N(c2ccccc2)c2cc(-c3nc4ccccc4[nH]3)ccc21. The molecule has 0 saturated heterocycles. The van der Waals surface area contributed by atoms with Gasteiger partial charge in [-0.3, -0.25) is 0 Å². The topological polar surface area (TPSA) is 31.9 Å². The summed E-state index contributed by atoms with van der Waals surface area (Å²) in [5.74, 6) is 0.897. The molecule has 3 nitrogen and oxygen atoms in total. The molecule has 0 atom stereocenters. The Hall–Kier alpha value is -3.85. The van der Waals surface area contributed by atoms with Crippen molar-refractivity contribution in [1.29, 1.82) is 0 Å². The first-order valence-electron chi connectivity index (χ1n) is 10.7. The number of nitrogens with one attached hydrogen (secondary N) is 1. The molecular weight excluding hydrogens is 378 g/mol. The quantitative estimate of drug-likeness (QED) is 0.335. The van der Waals surface area contributed by atoms with E-state index in [0.717, 1.165) is 28.1 Å². The van der Waals surface area contributed by atoms with E-state index in [1.54, 1.807) is 0 Å². The Balaban J connectivity index is 1.60. The van der Waals surface area contributed by atoms with Crippen LogP contribution in [0.1, 0.15) is 25.0 Å². The molecular formula is C28H23N3. The van der Waals surface area contributed by atoms with E-state index in [-0.39, 0.29) is 5.41 Å². The van der Waals surface area contributed by atoms with Crippen LogP contribution in [0, 0.1) is 0 Å². The van der Waals surface area contributed by atoms with Gasteiger partial charge in [-0.1, -0.05) is 74.5 Å².